The maximum Gasteiger partial charge on any atom is 0.262 e. The summed E-state index contributed by atoms with van der Waals surface area (Å²) in [5, 5.41) is 7.52. The van der Waals surface area contributed by atoms with E-state index in [1.54, 1.807) is 13.0 Å². The number of rotatable bonds is 2. The number of aryl methyl sites for hydroxylation is 1. The predicted octanol–water partition coefficient (Wildman–Crippen LogP) is 0.319. The molecule has 0 saturated carbocycles. The number of halogens is 1. The summed E-state index contributed by atoms with van der Waals surface area (Å²) in [6.45, 7) is 2.68. The van der Waals surface area contributed by atoms with E-state index in [-0.39, 0.29) is 23.5 Å². The lowest BCUT2D eigenvalue weighted by molar-refractivity contribution is 0.319. The third kappa shape index (κ3) is 3.17. The summed E-state index contributed by atoms with van der Waals surface area (Å²) in [4.78, 5) is 0. The molecule has 0 atom stereocenters. The Balaban J connectivity index is 0.00000162. The fourth-order valence-electron chi connectivity index (χ4n) is 1.77. The smallest absolute Gasteiger partial charge is 0.262 e. The fraction of sp³-hybridized carbons (Fsp3) is 0.600. The van der Waals surface area contributed by atoms with E-state index in [2.05, 4.69) is 10.2 Å². The van der Waals surface area contributed by atoms with Gasteiger partial charge in [-0.05, 0) is 31.9 Å². The lowest BCUT2D eigenvalue weighted by Crippen LogP contribution is -2.43. The van der Waals surface area contributed by atoms with Crippen LogP contribution in [0.15, 0.2) is 17.2 Å². The molecule has 1 aromatic rings. The molecule has 0 unspecified atom stereocenters. The van der Waals surface area contributed by atoms with Gasteiger partial charge in [-0.25, -0.2) is 8.42 Å². The lowest BCUT2D eigenvalue weighted by Gasteiger charge is -2.28. The molecule has 6 nitrogen and oxygen atoms in total. The van der Waals surface area contributed by atoms with Gasteiger partial charge in [0.2, 0.25) is 0 Å². The van der Waals surface area contributed by atoms with Gasteiger partial charge in [0, 0.05) is 19.1 Å². The molecule has 0 bridgehead atoms. The zero-order chi connectivity index (χ0) is 12.5. The molecule has 0 aliphatic carbocycles. The van der Waals surface area contributed by atoms with Crippen LogP contribution in [0.4, 0.5) is 0 Å². The van der Waals surface area contributed by atoms with Crippen molar-refractivity contribution >= 4 is 22.4 Å². The van der Waals surface area contributed by atoms with Gasteiger partial charge >= 0.3 is 0 Å². The molecule has 0 spiro atoms. The van der Waals surface area contributed by atoms with Gasteiger partial charge in [-0.15, -0.1) is 17.5 Å². The summed E-state index contributed by atoms with van der Waals surface area (Å²) in [5.41, 5.74) is 6.45. The SMILES string of the molecule is Cc1ccc(S(=O)(=O)N2CCC(N)CC2)nn1.Cl. The van der Waals surface area contributed by atoms with Crippen molar-refractivity contribution in [2.45, 2.75) is 30.8 Å². The Bertz CT molecular complexity index is 483. The highest BCUT2D eigenvalue weighted by molar-refractivity contribution is 7.89. The standard InChI is InChI=1S/C10H16N4O2S.ClH/c1-8-2-3-10(13-12-8)17(15,16)14-6-4-9(11)5-7-14;/h2-3,9H,4-7,11H2,1H3;1H. The molecule has 1 fully saturated rings. The van der Waals surface area contributed by atoms with E-state index in [0.717, 1.165) is 0 Å². The van der Waals surface area contributed by atoms with Crippen LogP contribution in [0.3, 0.4) is 0 Å². The van der Waals surface area contributed by atoms with Crippen LogP contribution < -0.4 is 5.73 Å². The normalized spacial score (nSPS) is 18.3. The van der Waals surface area contributed by atoms with E-state index in [1.165, 1.54) is 10.4 Å². The Labute approximate surface area is 113 Å². The lowest BCUT2D eigenvalue weighted by atomic mass is 10.1. The van der Waals surface area contributed by atoms with Gasteiger partial charge in [-0.2, -0.15) is 9.40 Å². The number of hydrogen-bond acceptors (Lipinski definition) is 5. The molecular formula is C10H17ClN4O2S. The molecular weight excluding hydrogens is 276 g/mol. The second-order valence-electron chi connectivity index (χ2n) is 4.25. The third-order valence-electron chi connectivity index (χ3n) is 2.88. The Morgan fingerprint density at radius 1 is 1.28 bits per heavy atom. The van der Waals surface area contributed by atoms with Gasteiger partial charge in [0.25, 0.3) is 10.0 Å². The average Bonchev–Trinajstić information content (AvgIpc) is 2.30. The van der Waals surface area contributed by atoms with Crippen molar-refractivity contribution in [3.05, 3.63) is 17.8 Å². The van der Waals surface area contributed by atoms with Crippen LogP contribution in [0.5, 0.6) is 0 Å². The Kier molecular flexibility index (Phi) is 5.03. The molecule has 8 heteroatoms. The van der Waals surface area contributed by atoms with Gasteiger partial charge in [-0.1, -0.05) is 0 Å². The van der Waals surface area contributed by atoms with Crippen LogP contribution in [0.25, 0.3) is 0 Å². The Hall–Kier alpha value is -0.760. The highest BCUT2D eigenvalue weighted by atomic mass is 35.5. The van der Waals surface area contributed by atoms with E-state index >= 15 is 0 Å². The average molecular weight is 293 g/mol. The van der Waals surface area contributed by atoms with Crippen molar-refractivity contribution in [2.24, 2.45) is 5.73 Å². The first-order chi connectivity index (χ1) is 8.00. The van der Waals surface area contributed by atoms with Crippen LogP contribution in [0.1, 0.15) is 18.5 Å². The monoisotopic (exact) mass is 292 g/mol. The first-order valence-corrected chi connectivity index (χ1v) is 7.00. The van der Waals surface area contributed by atoms with Gasteiger partial charge in [0.05, 0.1) is 5.69 Å². The molecule has 0 aromatic carbocycles. The number of aromatic nitrogens is 2. The minimum atomic E-state index is -3.50. The van der Waals surface area contributed by atoms with E-state index < -0.39 is 10.0 Å². The number of sulfonamides is 1. The zero-order valence-electron chi connectivity index (χ0n) is 10.1. The van der Waals surface area contributed by atoms with Crippen molar-refractivity contribution in [1.29, 1.82) is 0 Å². The minimum absolute atomic E-state index is 0. The van der Waals surface area contributed by atoms with E-state index in [9.17, 15) is 8.42 Å². The molecule has 2 rings (SSSR count). The summed E-state index contributed by atoms with van der Waals surface area (Å²) in [6, 6.07) is 3.24. The fourth-order valence-corrected chi connectivity index (χ4v) is 3.11. The highest BCUT2D eigenvalue weighted by Gasteiger charge is 2.29. The van der Waals surface area contributed by atoms with Crippen molar-refractivity contribution in [3.63, 3.8) is 0 Å². The van der Waals surface area contributed by atoms with Crippen LogP contribution in [-0.2, 0) is 10.0 Å². The van der Waals surface area contributed by atoms with E-state index in [1.807, 2.05) is 0 Å². The maximum absolute atomic E-state index is 12.2. The summed E-state index contributed by atoms with van der Waals surface area (Å²) < 4.78 is 25.8. The molecule has 0 radical (unpaired) electrons. The number of nitrogens with two attached hydrogens (primary N) is 1. The first-order valence-electron chi connectivity index (χ1n) is 5.56. The Morgan fingerprint density at radius 2 is 1.89 bits per heavy atom. The molecule has 1 aromatic heterocycles. The van der Waals surface area contributed by atoms with Crippen LogP contribution in [-0.4, -0.2) is 42.1 Å². The van der Waals surface area contributed by atoms with Gasteiger partial charge in [0.1, 0.15) is 0 Å². The van der Waals surface area contributed by atoms with Gasteiger partial charge in [0.15, 0.2) is 5.03 Å². The van der Waals surface area contributed by atoms with Crippen LogP contribution >= 0.6 is 12.4 Å². The first kappa shape index (κ1) is 15.3. The molecule has 1 aliphatic rings. The molecule has 1 aliphatic heterocycles. The van der Waals surface area contributed by atoms with Crippen molar-refractivity contribution in [1.82, 2.24) is 14.5 Å². The van der Waals surface area contributed by atoms with Crippen LogP contribution in [0.2, 0.25) is 0 Å². The van der Waals surface area contributed by atoms with Crippen molar-refractivity contribution in [3.8, 4) is 0 Å². The molecule has 2 heterocycles. The van der Waals surface area contributed by atoms with E-state index in [4.69, 9.17) is 5.73 Å². The van der Waals surface area contributed by atoms with Gasteiger partial charge in [-0.3, -0.25) is 0 Å². The molecule has 18 heavy (non-hydrogen) atoms. The number of hydrogen-bond donors (Lipinski definition) is 1. The quantitative estimate of drug-likeness (QED) is 0.848. The molecule has 2 N–H and O–H groups in total. The topological polar surface area (TPSA) is 89.2 Å². The second-order valence-corrected chi connectivity index (χ2v) is 6.14. The predicted molar refractivity (Wildman–Crippen MR) is 70.0 cm³/mol. The van der Waals surface area contributed by atoms with Crippen molar-refractivity contribution in [2.75, 3.05) is 13.1 Å². The summed E-state index contributed by atoms with van der Waals surface area (Å²) in [7, 11) is -3.50. The summed E-state index contributed by atoms with van der Waals surface area (Å²) in [5.74, 6) is 0. The third-order valence-corrected chi connectivity index (χ3v) is 4.67. The zero-order valence-corrected chi connectivity index (χ0v) is 11.7. The highest BCUT2D eigenvalue weighted by Crippen LogP contribution is 2.18. The van der Waals surface area contributed by atoms with E-state index in [0.29, 0.717) is 31.6 Å². The van der Waals surface area contributed by atoms with Crippen LogP contribution in [0, 0.1) is 6.92 Å². The maximum atomic E-state index is 12.2. The minimum Gasteiger partial charge on any atom is -0.328 e. The summed E-state index contributed by atoms with van der Waals surface area (Å²) in [6.07, 6.45) is 1.39. The number of piperidine rings is 1. The Morgan fingerprint density at radius 3 is 2.39 bits per heavy atom. The van der Waals surface area contributed by atoms with Gasteiger partial charge < -0.3 is 5.73 Å². The molecule has 0 amide bonds. The second kappa shape index (κ2) is 5.92. The summed E-state index contributed by atoms with van der Waals surface area (Å²) >= 11 is 0. The molecule has 1 saturated heterocycles. The largest absolute Gasteiger partial charge is 0.328 e. The molecule has 102 valence electrons. The van der Waals surface area contributed by atoms with Crippen molar-refractivity contribution < 1.29 is 8.42 Å². The number of nitrogens with zero attached hydrogens (tertiary/aromatic N) is 3.